The van der Waals surface area contributed by atoms with E-state index in [0.717, 1.165) is 0 Å². The van der Waals surface area contributed by atoms with E-state index in [9.17, 15) is 9.59 Å². The maximum absolute atomic E-state index is 12.1. The van der Waals surface area contributed by atoms with E-state index in [1.54, 1.807) is 36.1 Å². The van der Waals surface area contributed by atoms with Crippen LogP contribution in [0.4, 0.5) is 0 Å². The van der Waals surface area contributed by atoms with Crippen molar-refractivity contribution in [3.05, 3.63) is 42.4 Å². The maximum atomic E-state index is 12.1. The molecule has 0 aliphatic carbocycles. The van der Waals surface area contributed by atoms with Crippen LogP contribution in [0.2, 0.25) is 0 Å². The minimum atomic E-state index is -0.538. The van der Waals surface area contributed by atoms with Crippen LogP contribution in [0, 0.1) is 0 Å². The lowest BCUT2D eigenvalue weighted by Gasteiger charge is -2.09. The van der Waals surface area contributed by atoms with E-state index in [-0.39, 0.29) is 18.0 Å². The smallest absolute Gasteiger partial charge is 0.199 e. The lowest BCUT2D eigenvalue weighted by molar-refractivity contribution is -0.118. The molecule has 0 saturated heterocycles. The van der Waals surface area contributed by atoms with E-state index >= 15 is 0 Å². The van der Waals surface area contributed by atoms with Crippen molar-refractivity contribution >= 4 is 11.6 Å². The molecule has 1 atom stereocenters. The average Bonchev–Trinajstić information content (AvgIpc) is 2.95. The fourth-order valence-corrected chi connectivity index (χ4v) is 1.85. The van der Waals surface area contributed by atoms with Crippen molar-refractivity contribution in [2.45, 2.75) is 19.3 Å². The second-order valence-corrected chi connectivity index (χ2v) is 4.17. The first kappa shape index (κ1) is 12.3. The van der Waals surface area contributed by atoms with Crippen LogP contribution in [-0.4, -0.2) is 21.1 Å². The number of aromatic nitrogens is 2. The first-order valence-electron chi connectivity index (χ1n) is 5.64. The molecular weight excluding hydrogens is 232 g/mol. The van der Waals surface area contributed by atoms with Crippen molar-refractivity contribution in [1.29, 1.82) is 0 Å². The molecule has 0 spiro atoms. The number of carbonyl (C=O) groups is 2. The van der Waals surface area contributed by atoms with Gasteiger partial charge < -0.3 is 8.98 Å². The van der Waals surface area contributed by atoms with Gasteiger partial charge in [0, 0.05) is 25.9 Å². The number of furan rings is 1. The zero-order valence-electron chi connectivity index (χ0n) is 10.3. The minimum Gasteiger partial charge on any atom is -0.469 e. The monoisotopic (exact) mass is 246 g/mol. The summed E-state index contributed by atoms with van der Waals surface area (Å²) in [5.41, 5.74) is 0. The van der Waals surface area contributed by atoms with Crippen LogP contribution < -0.4 is 0 Å². The third kappa shape index (κ3) is 2.40. The van der Waals surface area contributed by atoms with Crippen LogP contribution in [0.15, 0.2) is 35.2 Å². The topological polar surface area (TPSA) is 65.1 Å². The third-order valence-electron chi connectivity index (χ3n) is 2.84. The van der Waals surface area contributed by atoms with Gasteiger partial charge in [-0.1, -0.05) is 0 Å². The van der Waals surface area contributed by atoms with Crippen molar-refractivity contribution in [3.63, 3.8) is 0 Å². The lowest BCUT2D eigenvalue weighted by Crippen LogP contribution is -2.16. The van der Waals surface area contributed by atoms with Crippen LogP contribution in [-0.2, 0) is 11.8 Å². The molecule has 0 radical (unpaired) electrons. The van der Waals surface area contributed by atoms with Gasteiger partial charge in [-0.3, -0.25) is 9.59 Å². The zero-order chi connectivity index (χ0) is 13.1. The Bertz CT molecular complexity index is 555. The van der Waals surface area contributed by atoms with Gasteiger partial charge in [0.2, 0.25) is 0 Å². The molecule has 0 aromatic carbocycles. The molecule has 0 aliphatic heterocycles. The van der Waals surface area contributed by atoms with Gasteiger partial charge in [0.15, 0.2) is 11.6 Å². The summed E-state index contributed by atoms with van der Waals surface area (Å²) in [5, 5.41) is 0. The largest absolute Gasteiger partial charge is 0.469 e. The number of carbonyl (C=O) groups excluding carboxylic acids is 2. The van der Waals surface area contributed by atoms with Crippen molar-refractivity contribution in [2.24, 2.45) is 7.05 Å². The van der Waals surface area contributed by atoms with E-state index < -0.39 is 5.92 Å². The number of rotatable bonds is 5. The number of aryl methyl sites for hydroxylation is 1. The van der Waals surface area contributed by atoms with E-state index in [1.807, 2.05) is 0 Å². The molecule has 2 aromatic rings. The second-order valence-electron chi connectivity index (χ2n) is 4.17. The van der Waals surface area contributed by atoms with E-state index in [2.05, 4.69) is 4.98 Å². The highest BCUT2D eigenvalue weighted by Crippen LogP contribution is 2.22. The zero-order valence-corrected chi connectivity index (χ0v) is 10.3. The molecule has 1 unspecified atom stereocenters. The van der Waals surface area contributed by atoms with Gasteiger partial charge in [-0.2, -0.15) is 0 Å². The molecule has 0 aliphatic rings. The predicted molar refractivity (Wildman–Crippen MR) is 64.3 cm³/mol. The van der Waals surface area contributed by atoms with Crippen LogP contribution in [0.25, 0.3) is 0 Å². The minimum absolute atomic E-state index is 0.0771. The Balaban J connectivity index is 2.18. The molecule has 0 amide bonds. The number of nitrogens with zero attached hydrogens (tertiary/aromatic N) is 2. The Morgan fingerprint density at radius 3 is 2.78 bits per heavy atom. The Morgan fingerprint density at radius 2 is 2.28 bits per heavy atom. The maximum Gasteiger partial charge on any atom is 0.199 e. The molecular formula is C13H14N2O3. The van der Waals surface area contributed by atoms with Gasteiger partial charge in [0.25, 0.3) is 0 Å². The second kappa shape index (κ2) is 5.00. The molecule has 18 heavy (non-hydrogen) atoms. The van der Waals surface area contributed by atoms with Gasteiger partial charge in [0.05, 0.1) is 12.2 Å². The molecule has 0 N–H and O–H groups in total. The van der Waals surface area contributed by atoms with Gasteiger partial charge in [0.1, 0.15) is 11.5 Å². The fourth-order valence-electron chi connectivity index (χ4n) is 1.85. The molecule has 0 saturated carbocycles. The molecule has 94 valence electrons. The van der Waals surface area contributed by atoms with Crippen LogP contribution in [0.1, 0.15) is 35.6 Å². The highest BCUT2D eigenvalue weighted by Gasteiger charge is 2.25. The number of Topliss-reactive ketones (excluding diaryl/α,β-unsaturated/α-hetero) is 2. The normalized spacial score (nSPS) is 12.3. The van der Waals surface area contributed by atoms with E-state index in [1.165, 1.54) is 13.2 Å². The molecule has 5 nitrogen and oxygen atoms in total. The SMILES string of the molecule is CC(=O)C(CC(=O)c1nccn1C)c1ccco1. The highest BCUT2D eigenvalue weighted by molar-refractivity contribution is 5.97. The number of ketones is 2. The summed E-state index contributed by atoms with van der Waals surface area (Å²) < 4.78 is 6.85. The van der Waals surface area contributed by atoms with Gasteiger partial charge in [-0.05, 0) is 19.1 Å². The molecule has 0 fully saturated rings. The Labute approximate surface area is 104 Å². The molecule has 0 bridgehead atoms. The fraction of sp³-hybridized carbons (Fsp3) is 0.308. The quantitative estimate of drug-likeness (QED) is 0.756. The average molecular weight is 246 g/mol. The van der Waals surface area contributed by atoms with Crippen LogP contribution in [0.3, 0.4) is 0 Å². The first-order valence-corrected chi connectivity index (χ1v) is 5.64. The Kier molecular flexibility index (Phi) is 3.41. The molecule has 2 rings (SSSR count). The summed E-state index contributed by atoms with van der Waals surface area (Å²) in [6.07, 6.45) is 4.83. The summed E-state index contributed by atoms with van der Waals surface area (Å²) >= 11 is 0. The van der Waals surface area contributed by atoms with Crippen molar-refractivity contribution in [1.82, 2.24) is 9.55 Å². The summed E-state index contributed by atoms with van der Waals surface area (Å²) in [6, 6.07) is 3.41. The molecule has 5 heteroatoms. The van der Waals surface area contributed by atoms with E-state index in [0.29, 0.717) is 11.6 Å². The number of hydrogen-bond acceptors (Lipinski definition) is 4. The van der Waals surface area contributed by atoms with Gasteiger partial charge >= 0.3 is 0 Å². The number of hydrogen-bond donors (Lipinski definition) is 0. The molecule has 2 aromatic heterocycles. The van der Waals surface area contributed by atoms with Gasteiger partial charge in [-0.15, -0.1) is 0 Å². The number of imidazole rings is 1. The third-order valence-corrected chi connectivity index (χ3v) is 2.84. The summed E-state index contributed by atoms with van der Waals surface area (Å²) in [6.45, 7) is 1.46. The summed E-state index contributed by atoms with van der Waals surface area (Å²) in [5.74, 6) is 0.0775. The first-order chi connectivity index (χ1) is 8.59. The lowest BCUT2D eigenvalue weighted by atomic mass is 9.95. The molecule has 2 heterocycles. The van der Waals surface area contributed by atoms with Crippen molar-refractivity contribution < 1.29 is 14.0 Å². The summed E-state index contributed by atoms with van der Waals surface area (Å²) in [4.78, 5) is 27.6. The Morgan fingerprint density at radius 1 is 1.50 bits per heavy atom. The van der Waals surface area contributed by atoms with E-state index in [4.69, 9.17) is 4.42 Å². The van der Waals surface area contributed by atoms with Crippen molar-refractivity contribution in [3.8, 4) is 0 Å². The van der Waals surface area contributed by atoms with Gasteiger partial charge in [-0.25, -0.2) is 4.98 Å². The van der Waals surface area contributed by atoms with Crippen molar-refractivity contribution in [2.75, 3.05) is 0 Å². The van der Waals surface area contributed by atoms with Crippen LogP contribution in [0.5, 0.6) is 0 Å². The predicted octanol–water partition coefficient (Wildman–Crippen LogP) is 1.96. The highest BCUT2D eigenvalue weighted by atomic mass is 16.3. The standard InChI is InChI=1S/C13H14N2O3/c1-9(16)10(12-4-3-7-18-12)8-11(17)13-14-5-6-15(13)2/h3-7,10H,8H2,1-2H3. The van der Waals surface area contributed by atoms with Crippen LogP contribution >= 0.6 is 0 Å². The Hall–Kier alpha value is -2.17. The summed E-state index contributed by atoms with van der Waals surface area (Å²) in [7, 11) is 1.75.